The van der Waals surface area contributed by atoms with Gasteiger partial charge >= 0.3 is 5.97 Å². The van der Waals surface area contributed by atoms with Crippen LogP contribution in [0, 0.1) is 6.92 Å². The fourth-order valence-corrected chi connectivity index (χ4v) is 3.37. The van der Waals surface area contributed by atoms with Crippen LogP contribution in [-0.2, 0) is 13.0 Å². The molecule has 1 aliphatic rings. The number of carboxylic acids is 1. The van der Waals surface area contributed by atoms with Crippen LogP contribution in [0.15, 0.2) is 23.7 Å². The molecule has 0 amide bonds. The molecular formula is C14H14N2O2S. The largest absolute Gasteiger partial charge is 0.478 e. The summed E-state index contributed by atoms with van der Waals surface area (Å²) in [5.41, 5.74) is 2.37. The van der Waals surface area contributed by atoms with Gasteiger partial charge in [0.25, 0.3) is 0 Å². The number of nitrogens with zero attached hydrogens (tertiary/aromatic N) is 2. The molecule has 0 aromatic carbocycles. The van der Waals surface area contributed by atoms with E-state index in [1.54, 1.807) is 23.6 Å². The lowest BCUT2D eigenvalue weighted by atomic mass is 10.1. The van der Waals surface area contributed by atoms with Gasteiger partial charge in [-0.05, 0) is 42.0 Å². The highest BCUT2D eigenvalue weighted by Gasteiger charge is 2.23. The number of anilines is 1. The highest BCUT2D eigenvalue weighted by atomic mass is 32.1. The summed E-state index contributed by atoms with van der Waals surface area (Å²) in [7, 11) is 0. The number of carbonyl (C=O) groups is 1. The van der Waals surface area contributed by atoms with E-state index in [-0.39, 0.29) is 0 Å². The highest BCUT2D eigenvalue weighted by Crippen LogP contribution is 2.29. The molecule has 3 rings (SSSR count). The van der Waals surface area contributed by atoms with Crippen molar-refractivity contribution in [3.8, 4) is 0 Å². The lowest BCUT2D eigenvalue weighted by Crippen LogP contribution is -2.31. The van der Waals surface area contributed by atoms with Crippen molar-refractivity contribution >= 4 is 23.1 Å². The normalized spacial score (nSPS) is 14.3. The summed E-state index contributed by atoms with van der Waals surface area (Å²) in [6.07, 6.45) is 2.64. The summed E-state index contributed by atoms with van der Waals surface area (Å²) in [6.45, 7) is 3.38. The van der Waals surface area contributed by atoms with E-state index in [4.69, 9.17) is 0 Å². The van der Waals surface area contributed by atoms with Crippen LogP contribution in [0.5, 0.6) is 0 Å². The Morgan fingerprint density at radius 3 is 3.11 bits per heavy atom. The first-order chi connectivity index (χ1) is 9.16. The number of aryl methyl sites for hydroxylation is 1. The number of aromatic carboxylic acids is 1. The first-order valence-electron chi connectivity index (χ1n) is 6.16. The number of hydrogen-bond acceptors (Lipinski definition) is 4. The molecule has 0 aliphatic carbocycles. The van der Waals surface area contributed by atoms with Gasteiger partial charge in [0.15, 0.2) is 0 Å². The zero-order valence-electron chi connectivity index (χ0n) is 10.6. The zero-order valence-corrected chi connectivity index (χ0v) is 11.4. The van der Waals surface area contributed by atoms with Crippen LogP contribution in [0.3, 0.4) is 0 Å². The SMILES string of the molecule is Cc1ccnc(N2CCc3sccc3C2)c1C(=O)O. The third-order valence-electron chi connectivity index (χ3n) is 3.46. The van der Waals surface area contributed by atoms with Gasteiger partial charge in [-0.3, -0.25) is 0 Å². The van der Waals surface area contributed by atoms with Gasteiger partial charge in [0, 0.05) is 24.2 Å². The van der Waals surface area contributed by atoms with E-state index in [1.165, 1.54) is 10.4 Å². The topological polar surface area (TPSA) is 53.4 Å². The van der Waals surface area contributed by atoms with Gasteiger partial charge < -0.3 is 10.0 Å². The summed E-state index contributed by atoms with van der Waals surface area (Å²) in [4.78, 5) is 19.2. The van der Waals surface area contributed by atoms with Crippen LogP contribution in [0.4, 0.5) is 5.82 Å². The molecule has 0 atom stereocenters. The Kier molecular flexibility index (Phi) is 2.98. The summed E-state index contributed by atoms with van der Waals surface area (Å²) in [5, 5.41) is 11.5. The molecular weight excluding hydrogens is 260 g/mol. The van der Waals surface area contributed by atoms with E-state index in [1.807, 2.05) is 6.92 Å². The molecule has 0 saturated carbocycles. The van der Waals surface area contributed by atoms with Crippen LogP contribution in [0.2, 0.25) is 0 Å². The van der Waals surface area contributed by atoms with E-state index in [0.29, 0.717) is 11.4 Å². The van der Waals surface area contributed by atoms with Crippen molar-refractivity contribution in [2.75, 3.05) is 11.4 Å². The molecule has 1 N–H and O–H groups in total. The number of fused-ring (bicyclic) bond motifs is 1. The molecule has 0 saturated heterocycles. The zero-order chi connectivity index (χ0) is 13.4. The number of carboxylic acid groups (broad SMARTS) is 1. The lowest BCUT2D eigenvalue weighted by molar-refractivity contribution is 0.0696. The fraction of sp³-hybridized carbons (Fsp3) is 0.286. The maximum Gasteiger partial charge on any atom is 0.339 e. The van der Waals surface area contributed by atoms with Gasteiger partial charge in [0.1, 0.15) is 11.4 Å². The number of rotatable bonds is 2. The molecule has 5 heteroatoms. The van der Waals surface area contributed by atoms with Gasteiger partial charge in [0.05, 0.1) is 0 Å². The Labute approximate surface area is 115 Å². The van der Waals surface area contributed by atoms with E-state index < -0.39 is 5.97 Å². The fourth-order valence-electron chi connectivity index (χ4n) is 2.48. The molecule has 4 nitrogen and oxygen atoms in total. The molecule has 1 aliphatic heterocycles. The lowest BCUT2D eigenvalue weighted by Gasteiger charge is -2.29. The van der Waals surface area contributed by atoms with Crippen molar-refractivity contribution in [3.63, 3.8) is 0 Å². The van der Waals surface area contributed by atoms with Crippen molar-refractivity contribution in [2.45, 2.75) is 19.9 Å². The van der Waals surface area contributed by atoms with Crippen LogP contribution >= 0.6 is 11.3 Å². The summed E-state index contributed by atoms with van der Waals surface area (Å²) < 4.78 is 0. The maximum absolute atomic E-state index is 11.4. The van der Waals surface area contributed by atoms with Gasteiger partial charge in [-0.25, -0.2) is 9.78 Å². The van der Waals surface area contributed by atoms with E-state index in [0.717, 1.165) is 25.1 Å². The van der Waals surface area contributed by atoms with Crippen LogP contribution in [0.1, 0.15) is 26.4 Å². The number of thiophene rings is 1. The molecule has 19 heavy (non-hydrogen) atoms. The van der Waals surface area contributed by atoms with Crippen LogP contribution in [0.25, 0.3) is 0 Å². The molecule has 0 spiro atoms. The first kappa shape index (κ1) is 12.2. The Morgan fingerprint density at radius 1 is 1.47 bits per heavy atom. The standard InChI is InChI=1S/C14H14N2O2S/c1-9-2-5-15-13(12(9)14(17)18)16-6-3-11-10(8-16)4-7-19-11/h2,4-5,7H,3,6,8H2,1H3,(H,17,18). The predicted molar refractivity (Wildman–Crippen MR) is 75.0 cm³/mol. The molecule has 0 radical (unpaired) electrons. The quantitative estimate of drug-likeness (QED) is 0.915. The molecule has 0 bridgehead atoms. The highest BCUT2D eigenvalue weighted by molar-refractivity contribution is 7.10. The van der Waals surface area contributed by atoms with Crippen LogP contribution in [-0.4, -0.2) is 22.6 Å². The van der Waals surface area contributed by atoms with Crippen molar-refractivity contribution in [1.82, 2.24) is 4.98 Å². The minimum atomic E-state index is -0.906. The maximum atomic E-state index is 11.4. The Balaban J connectivity index is 2.00. The Morgan fingerprint density at radius 2 is 2.32 bits per heavy atom. The number of hydrogen-bond donors (Lipinski definition) is 1. The van der Waals surface area contributed by atoms with Gasteiger partial charge in [0.2, 0.25) is 0 Å². The van der Waals surface area contributed by atoms with Gasteiger partial charge in [-0.15, -0.1) is 11.3 Å². The molecule has 0 unspecified atom stereocenters. The molecule has 2 aromatic rings. The van der Waals surface area contributed by atoms with Crippen molar-refractivity contribution in [2.24, 2.45) is 0 Å². The Hall–Kier alpha value is -1.88. The van der Waals surface area contributed by atoms with E-state index in [9.17, 15) is 9.90 Å². The summed E-state index contributed by atoms with van der Waals surface area (Å²) >= 11 is 1.77. The third-order valence-corrected chi connectivity index (χ3v) is 4.48. The molecule has 2 aromatic heterocycles. The monoisotopic (exact) mass is 274 g/mol. The van der Waals surface area contributed by atoms with Gasteiger partial charge in [-0.1, -0.05) is 0 Å². The van der Waals surface area contributed by atoms with E-state index >= 15 is 0 Å². The van der Waals surface area contributed by atoms with Crippen LogP contribution < -0.4 is 4.90 Å². The number of pyridine rings is 1. The first-order valence-corrected chi connectivity index (χ1v) is 7.04. The minimum absolute atomic E-state index is 0.321. The van der Waals surface area contributed by atoms with Gasteiger partial charge in [-0.2, -0.15) is 0 Å². The van der Waals surface area contributed by atoms with Crippen molar-refractivity contribution < 1.29 is 9.90 Å². The second-order valence-electron chi connectivity index (χ2n) is 4.67. The third kappa shape index (κ3) is 2.10. The van der Waals surface area contributed by atoms with Crippen molar-refractivity contribution in [3.05, 3.63) is 45.3 Å². The minimum Gasteiger partial charge on any atom is -0.478 e. The second-order valence-corrected chi connectivity index (χ2v) is 5.67. The predicted octanol–water partition coefficient (Wildman–Crippen LogP) is 2.71. The average Bonchev–Trinajstić information content (AvgIpc) is 2.85. The van der Waals surface area contributed by atoms with Crippen molar-refractivity contribution in [1.29, 1.82) is 0 Å². The Bertz CT molecular complexity index is 636. The van der Waals surface area contributed by atoms with E-state index in [2.05, 4.69) is 21.3 Å². The average molecular weight is 274 g/mol. The smallest absolute Gasteiger partial charge is 0.339 e. The number of aromatic nitrogens is 1. The molecule has 0 fully saturated rings. The summed E-state index contributed by atoms with van der Waals surface area (Å²) in [6, 6.07) is 3.86. The summed E-state index contributed by atoms with van der Waals surface area (Å²) in [5.74, 6) is -0.318. The molecule has 98 valence electrons. The molecule has 3 heterocycles. The second kappa shape index (κ2) is 4.66.